The molecule has 0 unspecified atom stereocenters. The van der Waals surface area contributed by atoms with Gasteiger partial charge in [0.25, 0.3) is 0 Å². The lowest BCUT2D eigenvalue weighted by Crippen LogP contribution is -2.34. The molecular weight excluding hydrogens is 669 g/mol. The van der Waals surface area contributed by atoms with E-state index in [0.29, 0.717) is 0 Å². The van der Waals surface area contributed by atoms with Crippen LogP contribution in [-0.4, -0.2) is 4.98 Å². The summed E-state index contributed by atoms with van der Waals surface area (Å²) in [4.78, 5) is 10.7. The highest BCUT2D eigenvalue weighted by Crippen LogP contribution is 2.59. The second-order valence-electron chi connectivity index (χ2n) is 17.3. The van der Waals surface area contributed by atoms with Crippen molar-refractivity contribution in [2.45, 2.75) is 107 Å². The van der Waals surface area contributed by atoms with Crippen molar-refractivity contribution in [2.75, 3.05) is 4.90 Å². The Bertz CT molecular complexity index is 2640. The van der Waals surface area contributed by atoms with Gasteiger partial charge in [0, 0.05) is 31.5 Å². The molecule has 0 bridgehead atoms. The fourth-order valence-electron chi connectivity index (χ4n) is 10.1. The predicted octanol–water partition coefficient (Wildman–Crippen LogP) is 13.8. The number of rotatable bonds is 2. The Labute approximate surface area is 315 Å². The normalized spacial score (nSPS) is 19.7. The van der Waals surface area contributed by atoms with Crippen LogP contribution < -0.4 is 4.90 Å². The number of benzene rings is 3. The first-order valence-electron chi connectivity index (χ1n) is 19.2. The van der Waals surface area contributed by atoms with E-state index in [1.165, 1.54) is 128 Å². The van der Waals surface area contributed by atoms with Crippen molar-refractivity contribution in [3.63, 3.8) is 0 Å². The summed E-state index contributed by atoms with van der Waals surface area (Å²) in [6, 6.07) is 15.2. The third kappa shape index (κ3) is 4.32. The molecule has 6 aliphatic rings. The van der Waals surface area contributed by atoms with Gasteiger partial charge in [-0.25, -0.2) is 0 Å². The average Bonchev–Trinajstić information content (AvgIpc) is 3.89. The van der Waals surface area contributed by atoms with Crippen LogP contribution in [0.25, 0.3) is 33.5 Å². The van der Waals surface area contributed by atoms with Crippen LogP contribution in [0.4, 0.5) is 17.1 Å². The van der Waals surface area contributed by atoms with Crippen LogP contribution in [0.2, 0.25) is 0 Å². The molecule has 1 N–H and O–H groups in total. The third-order valence-electron chi connectivity index (χ3n) is 13.0. The van der Waals surface area contributed by atoms with E-state index in [1.54, 1.807) is 5.57 Å². The van der Waals surface area contributed by atoms with E-state index in [4.69, 9.17) is 0 Å². The highest BCUT2D eigenvalue weighted by atomic mass is 32.2. The SMILES string of the molecule is Cc1cc(C2=CCCc3c2[nH]c2c4c(sc32)C=C=C4)c2c(c1)N(c1cc3c(cc1C)C(C)(C)CCC3(C)C)c1cc3c(cc1S2)CC1=C3C=CCC1. The minimum absolute atomic E-state index is 0.125. The second-order valence-corrected chi connectivity index (χ2v) is 19.4. The Kier molecular flexibility index (Phi) is 6.44. The Morgan fingerprint density at radius 3 is 2.50 bits per heavy atom. The van der Waals surface area contributed by atoms with E-state index < -0.39 is 0 Å². The molecule has 2 aromatic heterocycles. The number of aromatic amines is 1. The Morgan fingerprint density at radius 2 is 1.65 bits per heavy atom. The highest BCUT2D eigenvalue weighted by molar-refractivity contribution is 7.99. The summed E-state index contributed by atoms with van der Waals surface area (Å²) >= 11 is 3.92. The number of nitrogens with zero attached hydrogens (tertiary/aromatic N) is 1. The van der Waals surface area contributed by atoms with Gasteiger partial charge in [0.1, 0.15) is 0 Å². The zero-order valence-electron chi connectivity index (χ0n) is 31.1. The molecule has 0 spiro atoms. The van der Waals surface area contributed by atoms with Crippen LogP contribution in [0.15, 0.2) is 75.7 Å². The standard InChI is InChI=1S/C48H44N2S2/c1-26-19-35(31-13-9-15-33-43(31)49-44-32-14-10-16-41(32)51-46(33)44)45-40(20-26)50(38-25-37-36(21-27(38)2)47(3,4)17-18-48(37,5)6)39-24-34-29(23-42(39)52-45)22-28-11-7-8-12-30(28)34/h8,12-14,16,19-21,23-25,49H,7,9,11,15,17-18,22H2,1-6H3. The zero-order chi connectivity index (χ0) is 35.3. The summed E-state index contributed by atoms with van der Waals surface area (Å²) in [5.74, 6) is 0. The fourth-order valence-corrected chi connectivity index (χ4v) is 12.5. The molecule has 5 aliphatic carbocycles. The number of fused-ring (bicyclic) bond motifs is 10. The number of anilines is 3. The molecule has 1 aliphatic heterocycles. The van der Waals surface area contributed by atoms with E-state index in [9.17, 15) is 0 Å². The maximum atomic E-state index is 3.97. The quantitative estimate of drug-likeness (QED) is 0.180. The topological polar surface area (TPSA) is 19.0 Å². The van der Waals surface area contributed by atoms with Crippen LogP contribution in [0, 0.1) is 13.8 Å². The number of thiophene rings is 1. The smallest absolute Gasteiger partial charge is 0.0657 e. The number of H-pyrrole nitrogens is 1. The van der Waals surface area contributed by atoms with Crippen molar-refractivity contribution in [2.24, 2.45) is 0 Å². The first-order valence-corrected chi connectivity index (χ1v) is 20.8. The Morgan fingerprint density at radius 1 is 0.827 bits per heavy atom. The van der Waals surface area contributed by atoms with Gasteiger partial charge in [-0.1, -0.05) is 75.4 Å². The molecule has 3 aromatic carbocycles. The number of aryl methyl sites for hydroxylation is 3. The van der Waals surface area contributed by atoms with Crippen molar-refractivity contribution in [3.05, 3.63) is 127 Å². The van der Waals surface area contributed by atoms with Gasteiger partial charge in [-0.15, -0.1) is 17.1 Å². The molecule has 3 heterocycles. The van der Waals surface area contributed by atoms with E-state index in [1.807, 2.05) is 23.1 Å². The molecule has 0 saturated carbocycles. The maximum absolute atomic E-state index is 3.97. The van der Waals surface area contributed by atoms with E-state index >= 15 is 0 Å². The second kappa shape index (κ2) is 10.7. The molecular formula is C48H44N2S2. The molecule has 2 nitrogen and oxygen atoms in total. The number of hydrogen-bond donors (Lipinski definition) is 1. The van der Waals surface area contributed by atoms with Gasteiger partial charge in [-0.05, 0) is 156 Å². The van der Waals surface area contributed by atoms with Gasteiger partial charge in [-0.3, -0.25) is 0 Å². The minimum atomic E-state index is 0.125. The van der Waals surface area contributed by atoms with Gasteiger partial charge in [0.15, 0.2) is 0 Å². The summed E-state index contributed by atoms with van der Waals surface area (Å²) in [5, 5.41) is 0. The van der Waals surface area contributed by atoms with Gasteiger partial charge in [0.2, 0.25) is 0 Å². The van der Waals surface area contributed by atoms with Crippen LogP contribution in [-0.2, 0) is 23.7 Å². The van der Waals surface area contributed by atoms with E-state index in [2.05, 4.69) is 124 Å². The zero-order valence-corrected chi connectivity index (χ0v) is 32.7. The number of hydrogen-bond acceptors (Lipinski definition) is 3. The molecule has 0 amide bonds. The van der Waals surface area contributed by atoms with Gasteiger partial charge in [-0.2, -0.15) is 0 Å². The lowest BCUT2D eigenvalue weighted by atomic mass is 9.63. The minimum Gasteiger partial charge on any atom is -0.353 e. The van der Waals surface area contributed by atoms with Crippen LogP contribution in [0.1, 0.15) is 120 Å². The number of allylic oxidation sites excluding steroid dienone is 5. The summed E-state index contributed by atoms with van der Waals surface area (Å²) in [7, 11) is 0. The molecule has 258 valence electrons. The molecule has 0 fully saturated rings. The lowest BCUT2D eigenvalue weighted by Gasteiger charge is -2.43. The molecule has 4 heteroatoms. The third-order valence-corrected chi connectivity index (χ3v) is 15.4. The monoisotopic (exact) mass is 712 g/mol. The number of aromatic nitrogens is 1. The van der Waals surface area contributed by atoms with Crippen molar-refractivity contribution in [1.29, 1.82) is 0 Å². The molecule has 5 aromatic rings. The van der Waals surface area contributed by atoms with Gasteiger partial charge < -0.3 is 9.88 Å². The summed E-state index contributed by atoms with van der Waals surface area (Å²) < 4.78 is 1.43. The van der Waals surface area contributed by atoms with Crippen molar-refractivity contribution >= 4 is 73.7 Å². The highest BCUT2D eigenvalue weighted by Gasteiger charge is 2.40. The molecule has 0 atom stereocenters. The van der Waals surface area contributed by atoms with Crippen LogP contribution >= 0.6 is 23.1 Å². The van der Waals surface area contributed by atoms with E-state index in [0.717, 1.165) is 25.7 Å². The average molecular weight is 713 g/mol. The van der Waals surface area contributed by atoms with Crippen LogP contribution in [0.5, 0.6) is 0 Å². The molecule has 11 rings (SSSR count). The fraction of sp³-hybridized carbons (Fsp3) is 0.312. The Hall–Kier alpha value is -4.21. The van der Waals surface area contributed by atoms with Crippen molar-refractivity contribution in [3.8, 4) is 0 Å². The predicted molar refractivity (Wildman–Crippen MR) is 223 cm³/mol. The molecule has 0 radical (unpaired) electrons. The van der Waals surface area contributed by atoms with Crippen LogP contribution in [0.3, 0.4) is 0 Å². The lowest BCUT2D eigenvalue weighted by molar-refractivity contribution is 0.332. The van der Waals surface area contributed by atoms with Crippen molar-refractivity contribution in [1.82, 2.24) is 4.98 Å². The molecule has 52 heavy (non-hydrogen) atoms. The first-order chi connectivity index (χ1) is 25.1. The van der Waals surface area contributed by atoms with Crippen molar-refractivity contribution < 1.29 is 0 Å². The molecule has 0 saturated heterocycles. The first kappa shape index (κ1) is 31.3. The largest absolute Gasteiger partial charge is 0.353 e. The summed E-state index contributed by atoms with van der Waals surface area (Å²) in [6.07, 6.45) is 19.6. The van der Waals surface area contributed by atoms with Gasteiger partial charge in [0.05, 0.1) is 27.3 Å². The maximum Gasteiger partial charge on any atom is 0.0657 e. The Balaban J connectivity index is 1.15. The summed E-state index contributed by atoms with van der Waals surface area (Å²) in [6.45, 7) is 14.5. The van der Waals surface area contributed by atoms with Gasteiger partial charge >= 0.3 is 0 Å². The number of nitrogens with one attached hydrogen (secondary N) is 1. The summed E-state index contributed by atoms with van der Waals surface area (Å²) in [5.41, 5.74) is 27.4. The van der Waals surface area contributed by atoms with E-state index in [-0.39, 0.29) is 10.8 Å².